The van der Waals surface area contributed by atoms with Gasteiger partial charge >= 0.3 is 0 Å². The molecule has 14 atom stereocenters. The third kappa shape index (κ3) is 7.81. The van der Waals surface area contributed by atoms with Crippen molar-refractivity contribution in [3.63, 3.8) is 0 Å². The van der Waals surface area contributed by atoms with Crippen LogP contribution in [0, 0.1) is 0 Å². The maximum absolute atomic E-state index is 11.6. The molecule has 0 aromatic heterocycles. The Labute approximate surface area is 215 Å². The topological polar surface area (TPSA) is 306 Å². The third-order valence-electron chi connectivity index (χ3n) is 6.01. The normalized spacial score (nSPS) is 39.2. The van der Waals surface area contributed by atoms with Crippen LogP contribution < -0.4 is 5.32 Å². The van der Waals surface area contributed by atoms with Gasteiger partial charge in [0.2, 0.25) is 5.91 Å². The van der Waals surface area contributed by atoms with Gasteiger partial charge in [-0.15, -0.1) is 0 Å². The molecule has 18 heteroatoms. The van der Waals surface area contributed by atoms with Crippen molar-refractivity contribution in [2.24, 2.45) is 0 Å². The third-order valence-corrected chi connectivity index (χ3v) is 6.01. The maximum atomic E-state index is 11.6. The van der Waals surface area contributed by atoms with E-state index >= 15 is 0 Å². The van der Waals surface area contributed by atoms with Crippen molar-refractivity contribution in [1.82, 2.24) is 5.32 Å². The summed E-state index contributed by atoms with van der Waals surface area (Å²) in [6, 6.07) is 0. The van der Waals surface area contributed by atoms with Crippen LogP contribution in [-0.2, 0) is 28.5 Å². The zero-order valence-electron chi connectivity index (χ0n) is 20.1. The van der Waals surface area contributed by atoms with Crippen LogP contribution in [0.3, 0.4) is 0 Å². The largest absolute Gasteiger partial charge is 0.394 e. The van der Waals surface area contributed by atoms with Crippen LogP contribution in [0.4, 0.5) is 0 Å². The lowest BCUT2D eigenvalue weighted by atomic mass is 9.98. The van der Waals surface area contributed by atoms with E-state index < -0.39 is 117 Å². The van der Waals surface area contributed by atoms with Gasteiger partial charge < -0.3 is 75.1 Å². The molecule has 0 aromatic carbocycles. The Bertz CT molecular complexity index is 772. The molecule has 0 saturated carbocycles. The number of nitrogens with one attached hydrogen (secondary N) is 1. The standard InChI is InChI=1S/C20H35NO17/c1-5(23)21-18(34)15(31)12(28)9(25)6(24)3-35-19-17(33)14(30)11(27)8(38-19)4-36-20-16(32)13(29)10(26)7(2-22)37-20/h6-17,19-20,22,24-33H,2-4H2,1H3,(H,21,23,34)/t6-,7-,8-,9-,10-,11-,12+,13+,14+,15-,16-,17-,19+,20+/m1/s1. The van der Waals surface area contributed by atoms with E-state index in [2.05, 4.69) is 0 Å². The van der Waals surface area contributed by atoms with Gasteiger partial charge in [-0.05, 0) is 0 Å². The highest BCUT2D eigenvalue weighted by Crippen LogP contribution is 2.26. The summed E-state index contributed by atoms with van der Waals surface area (Å²) < 4.78 is 20.8. The zero-order valence-corrected chi connectivity index (χ0v) is 20.1. The van der Waals surface area contributed by atoms with Crippen molar-refractivity contribution < 1.29 is 84.7 Å². The average Bonchev–Trinajstić information content (AvgIpc) is 2.88. The summed E-state index contributed by atoms with van der Waals surface area (Å²) in [5, 5.41) is 111. The number of hydrogen-bond acceptors (Lipinski definition) is 17. The molecular weight excluding hydrogens is 526 g/mol. The SMILES string of the molecule is CC(=O)NC(=O)[C@H](O)[C@@H](O)[C@H](O)[C@H](O)CO[C@H]1O[C@H](CO[C@H]2O[C@H](CO)[C@@H](O)[C@H](O)[C@H]2O)[C@@H](O)[C@H](O)[C@H]1O. The van der Waals surface area contributed by atoms with Gasteiger partial charge in [-0.1, -0.05) is 0 Å². The molecule has 12 N–H and O–H groups in total. The number of imide groups is 1. The number of carbonyl (C=O) groups excluding carboxylic acids is 2. The first kappa shape index (κ1) is 32.8. The fourth-order valence-electron chi connectivity index (χ4n) is 3.70. The maximum Gasteiger partial charge on any atom is 0.258 e. The van der Waals surface area contributed by atoms with Crippen molar-refractivity contribution in [2.45, 2.75) is 92.8 Å². The van der Waals surface area contributed by atoms with Gasteiger partial charge in [0.1, 0.15) is 67.1 Å². The molecule has 0 spiro atoms. The van der Waals surface area contributed by atoms with Gasteiger partial charge in [0.25, 0.3) is 5.91 Å². The molecule has 0 unspecified atom stereocenters. The summed E-state index contributed by atoms with van der Waals surface area (Å²) in [4.78, 5) is 22.5. The smallest absolute Gasteiger partial charge is 0.258 e. The Morgan fingerprint density at radius 2 is 1.26 bits per heavy atom. The van der Waals surface area contributed by atoms with E-state index in [-0.39, 0.29) is 0 Å². The highest BCUT2D eigenvalue weighted by atomic mass is 16.7. The molecule has 0 aromatic rings. The summed E-state index contributed by atoms with van der Waals surface area (Å²) >= 11 is 0. The molecule has 2 saturated heterocycles. The molecule has 2 heterocycles. The van der Waals surface area contributed by atoms with Gasteiger partial charge in [0.15, 0.2) is 18.7 Å². The number of amides is 2. The molecule has 2 aliphatic rings. The molecule has 0 bridgehead atoms. The minimum Gasteiger partial charge on any atom is -0.394 e. The molecule has 2 fully saturated rings. The van der Waals surface area contributed by atoms with Crippen LogP contribution in [0.2, 0.25) is 0 Å². The first-order valence-electron chi connectivity index (χ1n) is 11.5. The molecule has 18 nitrogen and oxygen atoms in total. The second kappa shape index (κ2) is 14.3. The van der Waals surface area contributed by atoms with Crippen molar-refractivity contribution >= 4 is 11.8 Å². The van der Waals surface area contributed by atoms with E-state index in [1.807, 2.05) is 0 Å². The predicted octanol–water partition coefficient (Wildman–Crippen LogP) is -8.27. The van der Waals surface area contributed by atoms with Crippen molar-refractivity contribution in [2.75, 3.05) is 19.8 Å². The van der Waals surface area contributed by atoms with Gasteiger partial charge in [0, 0.05) is 6.92 Å². The number of rotatable bonds is 11. The second-order valence-corrected chi connectivity index (χ2v) is 8.92. The van der Waals surface area contributed by atoms with Crippen LogP contribution >= 0.6 is 0 Å². The molecule has 0 aliphatic carbocycles. The van der Waals surface area contributed by atoms with Crippen LogP contribution in [-0.4, -0.2) is 174 Å². The highest BCUT2D eigenvalue weighted by Gasteiger charge is 2.48. The van der Waals surface area contributed by atoms with E-state index in [4.69, 9.17) is 18.9 Å². The predicted molar refractivity (Wildman–Crippen MR) is 115 cm³/mol. The van der Waals surface area contributed by atoms with Gasteiger partial charge in [0.05, 0.1) is 19.8 Å². The fourth-order valence-corrected chi connectivity index (χ4v) is 3.70. The zero-order chi connectivity index (χ0) is 28.9. The van der Waals surface area contributed by atoms with Crippen molar-refractivity contribution in [1.29, 1.82) is 0 Å². The Hall–Kier alpha value is -1.46. The van der Waals surface area contributed by atoms with E-state index in [9.17, 15) is 65.8 Å². The van der Waals surface area contributed by atoms with E-state index in [0.29, 0.717) is 0 Å². The summed E-state index contributed by atoms with van der Waals surface area (Å²) in [5.41, 5.74) is 0. The molecule has 2 rings (SSSR count). The van der Waals surface area contributed by atoms with E-state index in [1.54, 1.807) is 5.32 Å². The fraction of sp³-hybridized carbons (Fsp3) is 0.900. The number of ether oxygens (including phenoxy) is 4. The first-order chi connectivity index (χ1) is 17.7. The minimum absolute atomic E-state index is 0.644. The molecule has 0 radical (unpaired) electrons. The summed E-state index contributed by atoms with van der Waals surface area (Å²) in [6.45, 7) is -1.31. The Morgan fingerprint density at radius 3 is 1.79 bits per heavy atom. The Balaban J connectivity index is 1.95. The van der Waals surface area contributed by atoms with Crippen LogP contribution in [0.1, 0.15) is 6.92 Å². The average molecular weight is 561 g/mol. The molecule has 2 amide bonds. The second-order valence-electron chi connectivity index (χ2n) is 8.92. The lowest BCUT2D eigenvalue weighted by molar-refractivity contribution is -0.333. The van der Waals surface area contributed by atoms with Gasteiger partial charge in [-0.2, -0.15) is 0 Å². The lowest BCUT2D eigenvalue weighted by Gasteiger charge is -2.42. The summed E-state index contributed by atoms with van der Waals surface area (Å²) in [6.07, 6.45) is -25.6. The van der Waals surface area contributed by atoms with Gasteiger partial charge in [-0.3, -0.25) is 14.9 Å². The van der Waals surface area contributed by atoms with E-state index in [1.165, 1.54) is 0 Å². The van der Waals surface area contributed by atoms with Crippen LogP contribution in [0.15, 0.2) is 0 Å². The van der Waals surface area contributed by atoms with E-state index in [0.717, 1.165) is 6.92 Å². The van der Waals surface area contributed by atoms with Crippen LogP contribution in [0.5, 0.6) is 0 Å². The quantitative estimate of drug-likeness (QED) is 0.111. The highest BCUT2D eigenvalue weighted by molar-refractivity contribution is 5.96. The summed E-state index contributed by atoms with van der Waals surface area (Å²) in [5.74, 6) is -2.20. The first-order valence-corrected chi connectivity index (χ1v) is 11.5. The number of carbonyl (C=O) groups is 2. The molecule has 38 heavy (non-hydrogen) atoms. The number of aliphatic hydroxyl groups is 11. The molecular formula is C20H35NO17. The van der Waals surface area contributed by atoms with Crippen LogP contribution in [0.25, 0.3) is 0 Å². The number of hydrogen-bond donors (Lipinski definition) is 12. The monoisotopic (exact) mass is 561 g/mol. The van der Waals surface area contributed by atoms with Crippen molar-refractivity contribution in [3.05, 3.63) is 0 Å². The molecule has 222 valence electrons. The van der Waals surface area contributed by atoms with Crippen molar-refractivity contribution in [3.8, 4) is 0 Å². The Kier molecular flexibility index (Phi) is 12.3. The minimum atomic E-state index is -2.30. The lowest BCUT2D eigenvalue weighted by Crippen LogP contribution is -2.62. The Morgan fingerprint density at radius 1 is 0.763 bits per heavy atom. The van der Waals surface area contributed by atoms with Gasteiger partial charge in [-0.25, -0.2) is 0 Å². The molecule has 2 aliphatic heterocycles. The number of aliphatic hydroxyl groups excluding tert-OH is 11. The summed E-state index contributed by atoms with van der Waals surface area (Å²) in [7, 11) is 0.